The summed E-state index contributed by atoms with van der Waals surface area (Å²) in [6.07, 6.45) is 0.523. The molecular formula is C35H39N3O2. The van der Waals surface area contributed by atoms with Crippen molar-refractivity contribution in [3.05, 3.63) is 119 Å². The van der Waals surface area contributed by atoms with Crippen LogP contribution in [0.1, 0.15) is 34.6 Å². The smallest absolute Gasteiger partial charge is 0.217 e. The first-order valence-corrected chi connectivity index (χ1v) is 13.8. The largest absolute Gasteiger partial charge is 0.481 e. The third-order valence-electron chi connectivity index (χ3n) is 7.68. The van der Waals surface area contributed by atoms with Crippen LogP contribution in [-0.4, -0.2) is 61.7 Å². The maximum atomic E-state index is 13.1. The molecular weight excluding hydrogens is 494 g/mol. The molecule has 1 heterocycles. The van der Waals surface area contributed by atoms with Crippen molar-refractivity contribution < 1.29 is 9.84 Å². The number of methoxy groups -OCH3 is 1. The molecule has 5 heteroatoms. The number of rotatable bonds is 10. The first kappa shape index (κ1) is 27.8. The van der Waals surface area contributed by atoms with Crippen molar-refractivity contribution in [3.8, 4) is 5.88 Å². The molecule has 5 rings (SSSR count). The van der Waals surface area contributed by atoms with Crippen LogP contribution in [0.25, 0.3) is 21.7 Å². The molecule has 0 bridgehead atoms. The summed E-state index contributed by atoms with van der Waals surface area (Å²) in [6.45, 7) is 1.54. The van der Waals surface area contributed by atoms with Gasteiger partial charge in [-0.25, -0.2) is 4.98 Å². The second-order valence-electron chi connectivity index (χ2n) is 11.2. The van der Waals surface area contributed by atoms with Crippen LogP contribution < -0.4 is 4.74 Å². The van der Waals surface area contributed by atoms with Gasteiger partial charge in [-0.2, -0.15) is 0 Å². The van der Waals surface area contributed by atoms with E-state index in [1.54, 1.807) is 7.11 Å². The van der Waals surface area contributed by atoms with E-state index in [4.69, 9.17) is 9.72 Å². The SMILES string of the molecule is COc1nc2ccc(CN(C)C)cc2cc1C(c1ccccc1)C(O)(CCN(C)C)c1cccc2ccccc12. The Morgan fingerprint density at radius 2 is 1.52 bits per heavy atom. The fourth-order valence-corrected chi connectivity index (χ4v) is 5.85. The zero-order valence-electron chi connectivity index (χ0n) is 24.1. The standard InChI is InChI=1S/C35H39N3O2/c1-37(2)21-20-35(39,31-17-11-15-26-12-9-10-16-29(26)31)33(27-13-7-6-8-14-27)30-23-28-22-25(24-38(3)4)18-19-32(28)36-34(30)40-5/h6-19,22-23,33,39H,20-21,24H2,1-5H3. The second kappa shape index (κ2) is 11.8. The van der Waals surface area contributed by atoms with Gasteiger partial charge in [-0.15, -0.1) is 0 Å². The van der Waals surface area contributed by atoms with Gasteiger partial charge in [-0.1, -0.05) is 78.9 Å². The van der Waals surface area contributed by atoms with Gasteiger partial charge in [0.05, 0.1) is 12.6 Å². The van der Waals surface area contributed by atoms with Gasteiger partial charge in [0, 0.05) is 30.0 Å². The van der Waals surface area contributed by atoms with Gasteiger partial charge in [0.15, 0.2) is 0 Å². The minimum atomic E-state index is -1.25. The van der Waals surface area contributed by atoms with Crippen molar-refractivity contribution in [1.82, 2.24) is 14.8 Å². The lowest BCUT2D eigenvalue weighted by atomic mass is 9.70. The highest BCUT2D eigenvalue weighted by molar-refractivity contribution is 5.87. The third-order valence-corrected chi connectivity index (χ3v) is 7.68. The molecule has 1 aromatic heterocycles. The van der Waals surface area contributed by atoms with Crippen LogP contribution in [0, 0.1) is 0 Å². The van der Waals surface area contributed by atoms with Gasteiger partial charge in [0.2, 0.25) is 5.88 Å². The quantitative estimate of drug-likeness (QED) is 0.224. The Labute approximate surface area is 237 Å². The van der Waals surface area contributed by atoms with Crippen molar-refractivity contribution in [1.29, 1.82) is 0 Å². The maximum Gasteiger partial charge on any atom is 0.217 e. The number of fused-ring (bicyclic) bond motifs is 2. The highest BCUT2D eigenvalue weighted by Crippen LogP contribution is 2.49. The van der Waals surface area contributed by atoms with Crippen molar-refractivity contribution in [2.24, 2.45) is 0 Å². The normalized spacial score (nSPS) is 14.1. The summed E-state index contributed by atoms with van der Waals surface area (Å²) < 4.78 is 5.95. The van der Waals surface area contributed by atoms with E-state index in [1.807, 2.05) is 50.5 Å². The topological polar surface area (TPSA) is 48.8 Å². The van der Waals surface area contributed by atoms with Gasteiger partial charge in [-0.05, 0) is 80.3 Å². The monoisotopic (exact) mass is 533 g/mol. The van der Waals surface area contributed by atoms with Crippen LogP contribution in [0.3, 0.4) is 0 Å². The van der Waals surface area contributed by atoms with Crippen LogP contribution in [-0.2, 0) is 12.1 Å². The molecule has 0 saturated heterocycles. The summed E-state index contributed by atoms with van der Waals surface area (Å²) in [5.74, 6) is 0.106. The maximum absolute atomic E-state index is 13.1. The van der Waals surface area contributed by atoms with E-state index in [9.17, 15) is 5.11 Å². The highest BCUT2D eigenvalue weighted by Gasteiger charge is 2.43. The number of hydrogen-bond donors (Lipinski definition) is 1. The molecule has 5 nitrogen and oxygen atoms in total. The van der Waals surface area contributed by atoms with Gasteiger partial charge in [-0.3, -0.25) is 0 Å². The van der Waals surface area contributed by atoms with E-state index in [1.165, 1.54) is 5.56 Å². The molecule has 0 aliphatic carbocycles. The predicted molar refractivity (Wildman–Crippen MR) is 165 cm³/mol. The highest BCUT2D eigenvalue weighted by atomic mass is 16.5. The summed E-state index contributed by atoms with van der Waals surface area (Å²) in [4.78, 5) is 9.25. The summed E-state index contributed by atoms with van der Waals surface area (Å²) in [7, 11) is 9.90. The molecule has 206 valence electrons. The number of pyridine rings is 1. The average Bonchev–Trinajstić information content (AvgIpc) is 2.95. The fourth-order valence-electron chi connectivity index (χ4n) is 5.85. The van der Waals surface area contributed by atoms with E-state index < -0.39 is 11.5 Å². The molecule has 2 atom stereocenters. The average molecular weight is 534 g/mol. The number of nitrogens with zero attached hydrogens (tertiary/aromatic N) is 3. The van der Waals surface area contributed by atoms with Gasteiger partial charge < -0.3 is 19.6 Å². The van der Waals surface area contributed by atoms with E-state index in [0.29, 0.717) is 18.8 Å². The fraction of sp³-hybridized carbons (Fsp3) is 0.286. The van der Waals surface area contributed by atoms with E-state index >= 15 is 0 Å². The van der Waals surface area contributed by atoms with E-state index in [2.05, 4.69) is 84.6 Å². The molecule has 0 saturated carbocycles. The number of benzene rings is 4. The summed E-state index contributed by atoms with van der Waals surface area (Å²) >= 11 is 0. The molecule has 0 aliphatic heterocycles. The van der Waals surface area contributed by atoms with Gasteiger partial charge in [0.1, 0.15) is 5.60 Å². The zero-order chi connectivity index (χ0) is 28.3. The summed E-state index contributed by atoms with van der Waals surface area (Å²) in [6, 6.07) is 33.3. The van der Waals surface area contributed by atoms with E-state index in [0.717, 1.165) is 44.9 Å². The molecule has 5 aromatic rings. The van der Waals surface area contributed by atoms with Gasteiger partial charge in [0.25, 0.3) is 0 Å². The molecule has 0 fully saturated rings. The molecule has 4 aromatic carbocycles. The Hall–Kier alpha value is -3.77. The summed E-state index contributed by atoms with van der Waals surface area (Å²) in [5.41, 5.74) is 3.62. The van der Waals surface area contributed by atoms with Gasteiger partial charge >= 0.3 is 0 Å². The molecule has 0 aliphatic rings. The molecule has 2 unspecified atom stereocenters. The van der Waals surface area contributed by atoms with Crippen LogP contribution in [0.4, 0.5) is 0 Å². The van der Waals surface area contributed by atoms with Crippen molar-refractivity contribution in [2.45, 2.75) is 24.5 Å². The second-order valence-corrected chi connectivity index (χ2v) is 11.2. The van der Waals surface area contributed by atoms with E-state index in [-0.39, 0.29) is 0 Å². The molecule has 0 radical (unpaired) electrons. The lowest BCUT2D eigenvalue weighted by Crippen LogP contribution is -2.38. The first-order chi connectivity index (χ1) is 19.3. The number of aromatic nitrogens is 1. The Morgan fingerprint density at radius 1 is 0.800 bits per heavy atom. The lowest BCUT2D eigenvalue weighted by Gasteiger charge is -2.39. The molecule has 0 spiro atoms. The Bertz CT molecular complexity index is 1590. The van der Waals surface area contributed by atoms with Crippen LogP contribution in [0.15, 0.2) is 97.1 Å². The van der Waals surface area contributed by atoms with Crippen molar-refractivity contribution in [3.63, 3.8) is 0 Å². The first-order valence-electron chi connectivity index (χ1n) is 13.8. The molecule has 1 N–H and O–H groups in total. The third kappa shape index (κ3) is 5.59. The van der Waals surface area contributed by atoms with Crippen molar-refractivity contribution >= 4 is 21.7 Å². The minimum Gasteiger partial charge on any atom is -0.481 e. The van der Waals surface area contributed by atoms with Crippen molar-refractivity contribution in [2.75, 3.05) is 41.8 Å². The minimum absolute atomic E-state index is 0.427. The number of hydrogen-bond acceptors (Lipinski definition) is 5. The van der Waals surface area contributed by atoms with Crippen LogP contribution >= 0.6 is 0 Å². The Kier molecular flexibility index (Phi) is 8.17. The predicted octanol–water partition coefficient (Wildman–Crippen LogP) is 6.43. The molecule has 40 heavy (non-hydrogen) atoms. The van der Waals surface area contributed by atoms with Crippen LogP contribution in [0.2, 0.25) is 0 Å². The Morgan fingerprint density at radius 3 is 2.25 bits per heavy atom. The lowest BCUT2D eigenvalue weighted by molar-refractivity contribution is 0.00520. The summed E-state index contributed by atoms with van der Waals surface area (Å²) in [5, 5.41) is 16.3. The number of aliphatic hydroxyl groups is 1. The zero-order valence-corrected chi connectivity index (χ0v) is 24.1. The Balaban J connectivity index is 1.81. The molecule has 0 amide bonds. The number of ether oxygens (including phenoxy) is 1. The van der Waals surface area contributed by atoms with Crippen LogP contribution in [0.5, 0.6) is 5.88 Å².